The van der Waals surface area contributed by atoms with Gasteiger partial charge in [-0.2, -0.15) is 0 Å². The van der Waals surface area contributed by atoms with E-state index in [0.717, 1.165) is 45.3 Å². The molecule has 0 aromatic rings. The van der Waals surface area contributed by atoms with Gasteiger partial charge in [0.05, 0.1) is 6.10 Å². The summed E-state index contributed by atoms with van der Waals surface area (Å²) in [6, 6.07) is 0. The van der Waals surface area contributed by atoms with Crippen LogP contribution >= 0.6 is 0 Å². The molecule has 2 rings (SSSR count). The van der Waals surface area contributed by atoms with Crippen molar-refractivity contribution in [2.75, 3.05) is 26.4 Å². The zero-order valence-electron chi connectivity index (χ0n) is 12.9. The molecule has 1 saturated heterocycles. The van der Waals surface area contributed by atoms with Crippen LogP contribution in [0.1, 0.15) is 39.0 Å². The Labute approximate surface area is 127 Å². The second-order valence-corrected chi connectivity index (χ2v) is 5.96. The molecule has 0 amide bonds. The lowest BCUT2D eigenvalue weighted by atomic mass is 9.86. The largest absolute Gasteiger partial charge is 0.459 e. The number of carbonyl (C=O) groups excluding carboxylic acids is 1. The van der Waals surface area contributed by atoms with E-state index in [0.29, 0.717) is 12.5 Å². The number of carbonyl (C=O) groups is 1. The Morgan fingerprint density at radius 2 is 2.14 bits per heavy atom. The predicted octanol–water partition coefficient (Wildman–Crippen LogP) is 3.03. The van der Waals surface area contributed by atoms with Crippen molar-refractivity contribution in [1.29, 1.82) is 0 Å². The van der Waals surface area contributed by atoms with E-state index < -0.39 is 0 Å². The first-order valence-corrected chi connectivity index (χ1v) is 7.83. The molecule has 0 unspecified atom stereocenters. The number of rotatable bonds is 6. The van der Waals surface area contributed by atoms with Crippen LogP contribution in [0.4, 0.5) is 0 Å². The summed E-state index contributed by atoms with van der Waals surface area (Å²) in [5, 5.41) is 0. The van der Waals surface area contributed by atoms with Gasteiger partial charge in [-0.1, -0.05) is 18.2 Å². The minimum atomic E-state index is -0.274. The van der Waals surface area contributed by atoms with Gasteiger partial charge in [-0.05, 0) is 50.5 Å². The second-order valence-electron chi connectivity index (χ2n) is 5.96. The van der Waals surface area contributed by atoms with Crippen LogP contribution in [0.5, 0.6) is 0 Å². The fourth-order valence-electron chi connectivity index (χ4n) is 2.71. The number of ether oxygens (including phenoxy) is 3. The molecule has 21 heavy (non-hydrogen) atoms. The molecule has 4 heteroatoms. The lowest BCUT2D eigenvalue weighted by molar-refractivity contribution is -0.152. The maximum absolute atomic E-state index is 11.7. The summed E-state index contributed by atoms with van der Waals surface area (Å²) in [7, 11) is 0. The van der Waals surface area contributed by atoms with E-state index >= 15 is 0 Å². The molecule has 1 fully saturated rings. The summed E-state index contributed by atoms with van der Waals surface area (Å²) in [6.07, 6.45) is 7.16. The van der Waals surface area contributed by atoms with Gasteiger partial charge in [-0.25, -0.2) is 4.79 Å². The molecular formula is C17H26O4. The number of hydrogen-bond acceptors (Lipinski definition) is 4. The van der Waals surface area contributed by atoms with Gasteiger partial charge in [0.2, 0.25) is 0 Å². The zero-order chi connectivity index (χ0) is 15.1. The molecule has 0 radical (unpaired) electrons. The Kier molecular flexibility index (Phi) is 6.46. The zero-order valence-corrected chi connectivity index (χ0v) is 12.9. The van der Waals surface area contributed by atoms with Crippen LogP contribution in [-0.2, 0) is 19.0 Å². The highest BCUT2D eigenvalue weighted by Gasteiger charge is 2.18. The number of allylic oxidation sites excluding steroid dienone is 2. The van der Waals surface area contributed by atoms with Crippen LogP contribution < -0.4 is 0 Å². The topological polar surface area (TPSA) is 44.8 Å². The quantitative estimate of drug-likeness (QED) is 0.558. The molecule has 118 valence electrons. The molecule has 0 spiro atoms. The van der Waals surface area contributed by atoms with Crippen LogP contribution in [0.2, 0.25) is 0 Å². The third-order valence-corrected chi connectivity index (χ3v) is 4.23. The molecule has 0 aromatic heterocycles. The lowest BCUT2D eigenvalue weighted by Crippen LogP contribution is -2.26. The van der Waals surface area contributed by atoms with E-state index in [9.17, 15) is 4.79 Å². The maximum Gasteiger partial charge on any atom is 0.332 e. The number of esters is 1. The monoisotopic (exact) mass is 294 g/mol. The molecule has 1 heterocycles. The van der Waals surface area contributed by atoms with Crippen LogP contribution in [0.25, 0.3) is 0 Å². The first kappa shape index (κ1) is 16.2. The predicted molar refractivity (Wildman–Crippen MR) is 81.0 cm³/mol. The fraction of sp³-hybridized carbons (Fsp3) is 0.706. The normalized spacial score (nSPS) is 23.5. The summed E-state index contributed by atoms with van der Waals surface area (Å²) in [6.45, 7) is 7.97. The average molecular weight is 294 g/mol. The van der Waals surface area contributed by atoms with E-state index in [1.165, 1.54) is 11.1 Å². The molecule has 0 aromatic carbocycles. The van der Waals surface area contributed by atoms with Gasteiger partial charge < -0.3 is 14.2 Å². The van der Waals surface area contributed by atoms with Crippen molar-refractivity contribution >= 4 is 5.97 Å². The van der Waals surface area contributed by atoms with Gasteiger partial charge in [0.1, 0.15) is 13.2 Å². The third-order valence-electron chi connectivity index (χ3n) is 4.23. The Morgan fingerprint density at radius 3 is 2.76 bits per heavy atom. The first-order chi connectivity index (χ1) is 10.1. The van der Waals surface area contributed by atoms with Gasteiger partial charge in [0.15, 0.2) is 0 Å². The Hall–Kier alpha value is -1.13. The van der Waals surface area contributed by atoms with Crippen molar-refractivity contribution in [1.82, 2.24) is 0 Å². The highest BCUT2D eigenvalue weighted by atomic mass is 16.6. The molecule has 0 bridgehead atoms. The summed E-state index contributed by atoms with van der Waals surface area (Å²) in [5.74, 6) is 0.311. The summed E-state index contributed by atoms with van der Waals surface area (Å²) >= 11 is 0. The number of hydrogen-bond donors (Lipinski definition) is 0. The van der Waals surface area contributed by atoms with E-state index in [1.807, 2.05) is 0 Å². The van der Waals surface area contributed by atoms with Crippen molar-refractivity contribution in [3.05, 3.63) is 23.8 Å². The summed E-state index contributed by atoms with van der Waals surface area (Å²) in [4.78, 5) is 11.7. The van der Waals surface area contributed by atoms with Crippen LogP contribution in [-0.4, -0.2) is 38.5 Å². The Morgan fingerprint density at radius 1 is 1.38 bits per heavy atom. The van der Waals surface area contributed by atoms with Gasteiger partial charge >= 0.3 is 5.97 Å². The van der Waals surface area contributed by atoms with E-state index in [2.05, 4.69) is 19.6 Å². The minimum Gasteiger partial charge on any atom is -0.459 e. The van der Waals surface area contributed by atoms with Crippen molar-refractivity contribution in [3.8, 4) is 0 Å². The molecule has 4 nitrogen and oxygen atoms in total. The summed E-state index contributed by atoms with van der Waals surface area (Å²) in [5.41, 5.74) is 2.46. The Balaban J connectivity index is 1.61. The highest BCUT2D eigenvalue weighted by molar-refractivity contribution is 5.70. The van der Waals surface area contributed by atoms with Crippen molar-refractivity contribution in [2.24, 2.45) is 5.92 Å². The smallest absolute Gasteiger partial charge is 0.332 e. The second kappa shape index (κ2) is 8.35. The maximum atomic E-state index is 11.7. The SMILES string of the molecule is C=C(C)[C@@H]1CC=C(COC(=O)COC2CCOCC2)CC1. The van der Waals surface area contributed by atoms with Gasteiger partial charge in [0.25, 0.3) is 0 Å². The van der Waals surface area contributed by atoms with Crippen LogP contribution in [0.15, 0.2) is 23.8 Å². The fourth-order valence-corrected chi connectivity index (χ4v) is 2.71. The third kappa shape index (κ3) is 5.64. The van der Waals surface area contributed by atoms with Crippen molar-refractivity contribution in [3.63, 3.8) is 0 Å². The molecular weight excluding hydrogens is 268 g/mol. The van der Waals surface area contributed by atoms with Gasteiger partial charge in [0, 0.05) is 13.2 Å². The molecule has 2 aliphatic rings. The highest BCUT2D eigenvalue weighted by Crippen LogP contribution is 2.28. The minimum absolute atomic E-state index is 0.0480. The van der Waals surface area contributed by atoms with Crippen LogP contribution in [0, 0.1) is 5.92 Å². The van der Waals surface area contributed by atoms with E-state index in [1.54, 1.807) is 0 Å². The molecule has 1 atom stereocenters. The molecule has 1 aliphatic carbocycles. The van der Waals surface area contributed by atoms with E-state index in [-0.39, 0.29) is 18.7 Å². The molecule has 0 saturated carbocycles. The molecule has 1 aliphatic heterocycles. The van der Waals surface area contributed by atoms with Crippen molar-refractivity contribution in [2.45, 2.75) is 45.1 Å². The van der Waals surface area contributed by atoms with Crippen molar-refractivity contribution < 1.29 is 19.0 Å². The molecule has 0 N–H and O–H groups in total. The van der Waals surface area contributed by atoms with E-state index in [4.69, 9.17) is 14.2 Å². The lowest BCUT2D eigenvalue weighted by Gasteiger charge is -2.23. The summed E-state index contributed by atoms with van der Waals surface area (Å²) < 4.78 is 16.1. The average Bonchev–Trinajstić information content (AvgIpc) is 2.52. The van der Waals surface area contributed by atoms with Crippen LogP contribution in [0.3, 0.4) is 0 Å². The Bertz CT molecular complexity index is 394. The standard InChI is InChI=1S/C17H26O4/c1-13(2)15-5-3-14(4-6-15)11-21-17(18)12-20-16-7-9-19-10-8-16/h3,15-16H,1,4-12H2,2H3/t15-/m1/s1. The van der Waals surface area contributed by atoms with Gasteiger partial charge in [-0.15, -0.1) is 0 Å². The van der Waals surface area contributed by atoms with Gasteiger partial charge in [-0.3, -0.25) is 0 Å². The first-order valence-electron chi connectivity index (χ1n) is 7.83.